The second kappa shape index (κ2) is 8.43. The Morgan fingerprint density at radius 2 is 1.36 bits per heavy atom. The molecule has 0 unspecified atom stereocenters. The lowest BCUT2D eigenvalue weighted by Crippen LogP contribution is -2.34. The van der Waals surface area contributed by atoms with Gasteiger partial charge in [-0.2, -0.15) is 0 Å². The largest absolute Gasteiger partial charge is 0.379 e. The molecule has 2 aromatic rings. The zero-order valence-corrected chi connectivity index (χ0v) is 14.3. The molecule has 2 aromatic carbocycles. The summed E-state index contributed by atoms with van der Waals surface area (Å²) in [6, 6.07) is 18.4. The maximum atomic E-state index is 12.9. The van der Waals surface area contributed by atoms with Crippen molar-refractivity contribution in [2.24, 2.45) is 0 Å². The van der Waals surface area contributed by atoms with E-state index in [1.807, 2.05) is 36.4 Å². The van der Waals surface area contributed by atoms with Gasteiger partial charge >= 0.3 is 0 Å². The Hall–Kier alpha value is -2.68. The first-order valence-electron chi connectivity index (χ1n) is 8.91. The summed E-state index contributed by atoms with van der Waals surface area (Å²) < 4.78 is 0. The number of Topliss-reactive ketones (excluding diaryl/α,β-unsaturated/α-hetero) is 1. The van der Waals surface area contributed by atoms with Gasteiger partial charge in [-0.15, -0.1) is 0 Å². The fraction of sp³-hybridized carbons (Fsp3) is 0.273. The van der Waals surface area contributed by atoms with Crippen LogP contribution in [0.25, 0.3) is 0 Å². The van der Waals surface area contributed by atoms with Crippen molar-refractivity contribution in [2.45, 2.75) is 38.1 Å². The zero-order chi connectivity index (χ0) is 17.5. The van der Waals surface area contributed by atoms with Crippen LogP contribution in [0.2, 0.25) is 0 Å². The van der Waals surface area contributed by atoms with E-state index in [2.05, 4.69) is 5.32 Å². The highest BCUT2D eigenvalue weighted by molar-refractivity contribution is 6.14. The molecule has 0 spiro atoms. The lowest BCUT2D eigenvalue weighted by molar-refractivity contribution is 0.0998. The Labute approximate surface area is 148 Å². The Morgan fingerprint density at radius 3 is 1.96 bits per heavy atom. The van der Waals surface area contributed by atoms with Crippen LogP contribution in [-0.2, 0) is 0 Å². The van der Waals surface area contributed by atoms with Gasteiger partial charge in [0.2, 0.25) is 5.78 Å². The van der Waals surface area contributed by atoms with Gasteiger partial charge in [-0.1, -0.05) is 79.9 Å². The van der Waals surface area contributed by atoms with E-state index in [-0.39, 0.29) is 17.6 Å². The van der Waals surface area contributed by atoms with Gasteiger partial charge in [0, 0.05) is 23.2 Å². The molecule has 0 atom stereocenters. The lowest BCUT2D eigenvalue weighted by atomic mass is 9.94. The van der Waals surface area contributed by atoms with E-state index in [1.54, 1.807) is 24.3 Å². The monoisotopic (exact) mass is 333 g/mol. The van der Waals surface area contributed by atoms with Gasteiger partial charge < -0.3 is 5.32 Å². The van der Waals surface area contributed by atoms with Crippen molar-refractivity contribution in [1.29, 1.82) is 0 Å². The molecule has 0 aromatic heterocycles. The highest BCUT2D eigenvalue weighted by Crippen LogP contribution is 2.19. The van der Waals surface area contributed by atoms with Gasteiger partial charge in [0.25, 0.3) is 0 Å². The number of rotatable bonds is 6. The van der Waals surface area contributed by atoms with Crippen molar-refractivity contribution in [2.75, 3.05) is 0 Å². The van der Waals surface area contributed by atoms with E-state index < -0.39 is 0 Å². The number of hydrogen-bond acceptors (Lipinski definition) is 3. The average molecular weight is 333 g/mol. The number of ketones is 2. The molecule has 1 N–H and O–H groups in total. The molecule has 1 saturated carbocycles. The molecule has 0 aliphatic heterocycles. The summed E-state index contributed by atoms with van der Waals surface area (Å²) in [4.78, 5) is 25.5. The molecule has 1 aliphatic rings. The summed E-state index contributed by atoms with van der Waals surface area (Å²) in [6.07, 6.45) is 7.11. The molecule has 128 valence electrons. The third kappa shape index (κ3) is 4.66. The van der Waals surface area contributed by atoms with Crippen LogP contribution in [0.5, 0.6) is 0 Å². The predicted octanol–water partition coefficient (Wildman–Crippen LogP) is 4.56. The molecule has 25 heavy (non-hydrogen) atoms. The highest BCUT2D eigenvalue weighted by atomic mass is 16.1. The molecule has 1 fully saturated rings. The standard InChI is InChI=1S/C22H23NO2/c24-21(17-10-4-1-5-11-17)16-20(23-19-14-8-3-9-15-19)22(25)18-12-6-2-7-13-18/h1-2,4-7,10-13,16,19,23H,3,8-9,14-15H2/b20-16-. The summed E-state index contributed by atoms with van der Waals surface area (Å²) in [5.74, 6) is -0.279. The third-order valence-corrected chi connectivity index (χ3v) is 4.58. The second-order valence-electron chi connectivity index (χ2n) is 6.46. The number of allylic oxidation sites excluding steroid dienone is 2. The fourth-order valence-corrected chi connectivity index (χ4v) is 3.20. The molecule has 0 bridgehead atoms. The first kappa shape index (κ1) is 17.2. The molecule has 0 amide bonds. The highest BCUT2D eigenvalue weighted by Gasteiger charge is 2.20. The van der Waals surface area contributed by atoms with Gasteiger partial charge in [0.1, 0.15) is 0 Å². The minimum Gasteiger partial charge on any atom is -0.379 e. The maximum absolute atomic E-state index is 12.9. The minimum absolute atomic E-state index is 0.129. The summed E-state index contributed by atoms with van der Waals surface area (Å²) >= 11 is 0. The minimum atomic E-state index is -0.150. The fourth-order valence-electron chi connectivity index (χ4n) is 3.20. The molecule has 1 aliphatic carbocycles. The molecule has 0 heterocycles. The van der Waals surface area contributed by atoms with Gasteiger partial charge in [-0.3, -0.25) is 9.59 Å². The van der Waals surface area contributed by atoms with Crippen LogP contribution < -0.4 is 5.32 Å². The van der Waals surface area contributed by atoms with E-state index in [4.69, 9.17) is 0 Å². The van der Waals surface area contributed by atoms with Gasteiger partial charge in [0.15, 0.2) is 5.78 Å². The average Bonchev–Trinajstić information content (AvgIpc) is 2.69. The van der Waals surface area contributed by atoms with Crippen LogP contribution in [0.4, 0.5) is 0 Å². The van der Waals surface area contributed by atoms with E-state index in [0.29, 0.717) is 16.8 Å². The van der Waals surface area contributed by atoms with E-state index >= 15 is 0 Å². The quantitative estimate of drug-likeness (QED) is 0.623. The number of benzene rings is 2. The summed E-state index contributed by atoms with van der Waals surface area (Å²) in [5.41, 5.74) is 1.58. The smallest absolute Gasteiger partial charge is 0.208 e. The van der Waals surface area contributed by atoms with Gasteiger partial charge in [0.05, 0.1) is 5.70 Å². The zero-order valence-electron chi connectivity index (χ0n) is 14.3. The molecule has 3 nitrogen and oxygen atoms in total. The van der Waals surface area contributed by atoms with Crippen molar-refractivity contribution in [1.82, 2.24) is 5.32 Å². The van der Waals surface area contributed by atoms with Crippen molar-refractivity contribution < 1.29 is 9.59 Å². The number of nitrogens with one attached hydrogen (secondary N) is 1. The number of carbonyl (C=O) groups excluding carboxylic acids is 2. The van der Waals surface area contributed by atoms with Gasteiger partial charge in [-0.05, 0) is 12.8 Å². The second-order valence-corrected chi connectivity index (χ2v) is 6.46. The summed E-state index contributed by atoms with van der Waals surface area (Å²) in [5, 5.41) is 3.35. The third-order valence-electron chi connectivity index (χ3n) is 4.58. The van der Waals surface area contributed by atoms with Crippen LogP contribution in [0.1, 0.15) is 52.8 Å². The van der Waals surface area contributed by atoms with Crippen LogP contribution in [0, 0.1) is 0 Å². The molecule has 3 rings (SSSR count). The van der Waals surface area contributed by atoms with E-state index in [9.17, 15) is 9.59 Å². The number of hydrogen-bond donors (Lipinski definition) is 1. The predicted molar refractivity (Wildman–Crippen MR) is 99.6 cm³/mol. The first-order chi connectivity index (χ1) is 12.2. The topological polar surface area (TPSA) is 46.2 Å². The maximum Gasteiger partial charge on any atom is 0.208 e. The molecule has 0 radical (unpaired) electrons. The van der Waals surface area contributed by atoms with Crippen LogP contribution >= 0.6 is 0 Å². The van der Waals surface area contributed by atoms with E-state index in [1.165, 1.54) is 12.5 Å². The molecule has 3 heteroatoms. The van der Waals surface area contributed by atoms with Crippen LogP contribution in [0.15, 0.2) is 72.4 Å². The lowest BCUT2D eigenvalue weighted by Gasteiger charge is -2.25. The molecule has 0 saturated heterocycles. The Morgan fingerprint density at radius 1 is 0.800 bits per heavy atom. The van der Waals surface area contributed by atoms with E-state index in [0.717, 1.165) is 25.7 Å². The van der Waals surface area contributed by atoms with Crippen molar-refractivity contribution in [3.63, 3.8) is 0 Å². The van der Waals surface area contributed by atoms with Crippen molar-refractivity contribution in [3.8, 4) is 0 Å². The summed E-state index contributed by atoms with van der Waals surface area (Å²) in [7, 11) is 0. The SMILES string of the molecule is O=C(/C=C(\NC1CCCCC1)C(=O)c1ccccc1)c1ccccc1. The van der Waals surface area contributed by atoms with Crippen molar-refractivity contribution in [3.05, 3.63) is 83.6 Å². The molecular weight excluding hydrogens is 310 g/mol. The Kier molecular flexibility index (Phi) is 5.78. The van der Waals surface area contributed by atoms with Crippen molar-refractivity contribution >= 4 is 11.6 Å². The first-order valence-corrected chi connectivity index (χ1v) is 8.91. The van der Waals surface area contributed by atoms with Crippen LogP contribution in [-0.4, -0.2) is 17.6 Å². The van der Waals surface area contributed by atoms with Crippen LogP contribution in [0.3, 0.4) is 0 Å². The molecular formula is C22H23NO2. The Bertz CT molecular complexity index is 744. The Balaban J connectivity index is 1.86. The normalized spacial score (nSPS) is 15.6. The number of carbonyl (C=O) groups is 2. The van der Waals surface area contributed by atoms with Gasteiger partial charge in [-0.25, -0.2) is 0 Å². The summed E-state index contributed by atoms with van der Waals surface area (Å²) in [6.45, 7) is 0.